The Hall–Kier alpha value is -2.25. The second kappa shape index (κ2) is 9.98. The molecule has 7 heteroatoms. The van der Waals surface area contributed by atoms with Gasteiger partial charge in [0.25, 0.3) is 0 Å². The number of nitrogens with one attached hydrogen (secondary N) is 1. The predicted octanol–water partition coefficient (Wildman–Crippen LogP) is 2.87. The van der Waals surface area contributed by atoms with Crippen molar-refractivity contribution in [3.63, 3.8) is 0 Å². The average Bonchev–Trinajstić information content (AvgIpc) is 3.33. The molecule has 0 unspecified atom stereocenters. The number of anilines is 2. The van der Waals surface area contributed by atoms with Crippen LogP contribution in [0.15, 0.2) is 46.8 Å². The summed E-state index contributed by atoms with van der Waals surface area (Å²) in [6.07, 6.45) is 0. The molecule has 2 aromatic rings. The molecule has 0 bridgehead atoms. The highest BCUT2D eigenvalue weighted by Crippen LogP contribution is 2.24. The van der Waals surface area contributed by atoms with Crippen LogP contribution in [-0.4, -0.2) is 69.9 Å². The maximum Gasteiger partial charge on any atom is 0.194 e. The van der Waals surface area contributed by atoms with Crippen LogP contribution < -0.4 is 15.1 Å². The van der Waals surface area contributed by atoms with Crippen LogP contribution in [0.3, 0.4) is 0 Å². The normalized spacial score (nSPS) is 18.2. The van der Waals surface area contributed by atoms with E-state index in [9.17, 15) is 0 Å². The third-order valence-corrected chi connectivity index (χ3v) is 6.40. The van der Waals surface area contributed by atoms with E-state index >= 15 is 0 Å². The van der Waals surface area contributed by atoms with Crippen molar-refractivity contribution in [2.45, 2.75) is 13.5 Å². The first-order valence-corrected chi connectivity index (χ1v) is 11.5. The van der Waals surface area contributed by atoms with Gasteiger partial charge >= 0.3 is 0 Å². The van der Waals surface area contributed by atoms with Crippen LogP contribution in [0.2, 0.25) is 0 Å². The van der Waals surface area contributed by atoms with E-state index < -0.39 is 0 Å². The van der Waals surface area contributed by atoms with E-state index in [1.165, 1.54) is 16.3 Å². The summed E-state index contributed by atoms with van der Waals surface area (Å²) in [6, 6.07) is 13.0. The maximum absolute atomic E-state index is 5.52. The predicted molar refractivity (Wildman–Crippen MR) is 122 cm³/mol. The molecule has 1 N–H and O–H groups in total. The van der Waals surface area contributed by atoms with Gasteiger partial charge in [-0.1, -0.05) is 18.2 Å². The van der Waals surface area contributed by atoms with Gasteiger partial charge in [-0.05, 0) is 36.1 Å². The third-order valence-electron chi connectivity index (χ3n) is 5.47. The number of nitrogens with zero attached hydrogens (tertiary/aromatic N) is 4. The second-order valence-electron chi connectivity index (χ2n) is 7.32. The van der Waals surface area contributed by atoms with Gasteiger partial charge in [0.1, 0.15) is 0 Å². The Morgan fingerprint density at radius 1 is 1.00 bits per heavy atom. The number of piperazine rings is 1. The van der Waals surface area contributed by atoms with Gasteiger partial charge in [-0.3, -0.25) is 0 Å². The Morgan fingerprint density at radius 3 is 2.52 bits per heavy atom. The number of thiophene rings is 1. The smallest absolute Gasteiger partial charge is 0.194 e. The van der Waals surface area contributed by atoms with Crippen LogP contribution >= 0.6 is 11.3 Å². The van der Waals surface area contributed by atoms with Crippen LogP contribution in [0.25, 0.3) is 0 Å². The molecule has 3 heterocycles. The number of rotatable bonds is 5. The van der Waals surface area contributed by atoms with Gasteiger partial charge in [0.15, 0.2) is 5.96 Å². The van der Waals surface area contributed by atoms with Gasteiger partial charge in [-0.2, -0.15) is 0 Å². The Bertz CT molecular complexity index is 780. The van der Waals surface area contributed by atoms with E-state index in [4.69, 9.17) is 9.73 Å². The Labute approximate surface area is 177 Å². The van der Waals surface area contributed by atoms with Crippen LogP contribution in [0, 0.1) is 0 Å². The Balaban J connectivity index is 1.43. The lowest BCUT2D eigenvalue weighted by atomic mass is 10.1. The average molecular weight is 414 g/mol. The highest BCUT2D eigenvalue weighted by atomic mass is 32.1. The van der Waals surface area contributed by atoms with Crippen LogP contribution in [0.4, 0.5) is 10.7 Å². The molecule has 0 atom stereocenters. The van der Waals surface area contributed by atoms with Gasteiger partial charge in [-0.25, -0.2) is 4.99 Å². The molecule has 6 nitrogen and oxygen atoms in total. The zero-order valence-corrected chi connectivity index (χ0v) is 18.0. The standard InChI is InChI=1S/C22H31N5OS/c1-2-23-22(27-11-9-26(10-12-27)21-8-5-17-29-21)24-18-19-6-3-4-7-20(19)25-13-15-28-16-14-25/h3-8,17H,2,9-16,18H2,1H3,(H,23,24). The highest BCUT2D eigenvalue weighted by Gasteiger charge is 2.20. The van der Waals surface area contributed by atoms with Crippen molar-refractivity contribution < 1.29 is 4.74 Å². The maximum atomic E-state index is 5.52. The molecular formula is C22H31N5OS. The zero-order valence-electron chi connectivity index (χ0n) is 17.2. The first-order valence-electron chi connectivity index (χ1n) is 10.6. The molecule has 156 valence electrons. The van der Waals surface area contributed by atoms with Gasteiger partial charge < -0.3 is 24.8 Å². The molecule has 0 spiro atoms. The number of hydrogen-bond acceptors (Lipinski definition) is 5. The SMILES string of the molecule is CCNC(=NCc1ccccc1N1CCOCC1)N1CCN(c2cccs2)CC1. The molecule has 0 saturated carbocycles. The largest absolute Gasteiger partial charge is 0.378 e. The van der Waals surface area contributed by atoms with Crippen molar-refractivity contribution >= 4 is 28.0 Å². The molecule has 2 saturated heterocycles. The minimum Gasteiger partial charge on any atom is -0.378 e. The summed E-state index contributed by atoms with van der Waals surface area (Å²) in [5, 5.41) is 7.02. The van der Waals surface area contributed by atoms with E-state index in [0.29, 0.717) is 6.54 Å². The molecular weight excluding hydrogens is 382 g/mol. The molecule has 2 aliphatic rings. The first-order chi connectivity index (χ1) is 14.3. The molecule has 4 rings (SSSR count). The topological polar surface area (TPSA) is 43.3 Å². The van der Waals surface area contributed by atoms with E-state index in [-0.39, 0.29) is 0 Å². The molecule has 0 amide bonds. The summed E-state index contributed by atoms with van der Waals surface area (Å²) >= 11 is 1.82. The Kier molecular flexibility index (Phi) is 6.90. The molecule has 2 fully saturated rings. The number of hydrogen-bond donors (Lipinski definition) is 1. The summed E-state index contributed by atoms with van der Waals surface area (Å²) in [5.74, 6) is 1.02. The number of benzene rings is 1. The third kappa shape index (κ3) is 5.03. The lowest BCUT2D eigenvalue weighted by Gasteiger charge is -2.37. The zero-order chi connectivity index (χ0) is 19.9. The van der Waals surface area contributed by atoms with Crippen LogP contribution in [0.1, 0.15) is 12.5 Å². The van der Waals surface area contributed by atoms with E-state index in [0.717, 1.165) is 65.0 Å². The van der Waals surface area contributed by atoms with E-state index in [2.05, 4.69) is 68.7 Å². The van der Waals surface area contributed by atoms with Gasteiger partial charge in [0.2, 0.25) is 0 Å². The fourth-order valence-corrected chi connectivity index (χ4v) is 4.72. The number of para-hydroxylation sites is 1. The van der Waals surface area contributed by atoms with E-state index in [1.54, 1.807) is 0 Å². The minimum atomic E-state index is 0.695. The lowest BCUT2D eigenvalue weighted by Crippen LogP contribution is -2.52. The highest BCUT2D eigenvalue weighted by molar-refractivity contribution is 7.14. The van der Waals surface area contributed by atoms with Crippen molar-refractivity contribution in [3.05, 3.63) is 47.3 Å². The number of guanidine groups is 1. The van der Waals surface area contributed by atoms with Crippen molar-refractivity contribution in [1.29, 1.82) is 0 Å². The summed E-state index contributed by atoms with van der Waals surface area (Å²) in [7, 11) is 0. The summed E-state index contributed by atoms with van der Waals surface area (Å²) in [5.41, 5.74) is 2.57. The molecule has 1 aromatic heterocycles. The molecule has 0 aliphatic carbocycles. The fraction of sp³-hybridized carbons (Fsp3) is 0.500. The minimum absolute atomic E-state index is 0.695. The number of aliphatic imine (C=N–C) groups is 1. The van der Waals surface area contributed by atoms with Gasteiger partial charge in [0.05, 0.1) is 24.8 Å². The Morgan fingerprint density at radius 2 is 1.79 bits per heavy atom. The number of morpholine rings is 1. The summed E-state index contributed by atoms with van der Waals surface area (Å²) in [6.45, 7) is 11.3. The fourth-order valence-electron chi connectivity index (χ4n) is 3.93. The van der Waals surface area contributed by atoms with Crippen molar-refractivity contribution in [2.75, 3.05) is 68.8 Å². The molecule has 0 radical (unpaired) electrons. The van der Waals surface area contributed by atoms with Crippen molar-refractivity contribution in [2.24, 2.45) is 4.99 Å². The number of ether oxygens (including phenoxy) is 1. The van der Waals surface area contributed by atoms with Gasteiger partial charge in [0, 0.05) is 51.5 Å². The van der Waals surface area contributed by atoms with Crippen molar-refractivity contribution in [1.82, 2.24) is 10.2 Å². The van der Waals surface area contributed by atoms with Gasteiger partial charge in [-0.15, -0.1) is 11.3 Å². The quantitative estimate of drug-likeness (QED) is 0.603. The van der Waals surface area contributed by atoms with Crippen LogP contribution in [-0.2, 0) is 11.3 Å². The van der Waals surface area contributed by atoms with E-state index in [1.807, 2.05) is 11.3 Å². The molecule has 29 heavy (non-hydrogen) atoms. The summed E-state index contributed by atoms with van der Waals surface area (Å²) < 4.78 is 5.52. The van der Waals surface area contributed by atoms with Crippen LogP contribution in [0.5, 0.6) is 0 Å². The summed E-state index contributed by atoms with van der Waals surface area (Å²) in [4.78, 5) is 12.3. The lowest BCUT2D eigenvalue weighted by molar-refractivity contribution is 0.122. The first kappa shape index (κ1) is 20.0. The molecule has 1 aromatic carbocycles. The monoisotopic (exact) mass is 413 g/mol. The second-order valence-corrected chi connectivity index (χ2v) is 8.25. The van der Waals surface area contributed by atoms with Crippen molar-refractivity contribution in [3.8, 4) is 0 Å². The molecule has 2 aliphatic heterocycles.